The van der Waals surface area contributed by atoms with E-state index in [-0.39, 0.29) is 23.4 Å². The Morgan fingerprint density at radius 3 is 2.59 bits per heavy atom. The zero-order valence-electron chi connectivity index (χ0n) is 16.1. The van der Waals surface area contributed by atoms with E-state index in [0.717, 1.165) is 5.56 Å². The number of esters is 1. The molecule has 0 aliphatic heterocycles. The van der Waals surface area contributed by atoms with Crippen LogP contribution in [0.1, 0.15) is 23.1 Å². The zero-order chi connectivity index (χ0) is 21.4. The molecule has 9 heteroatoms. The Balaban J connectivity index is 1.80. The lowest BCUT2D eigenvalue weighted by molar-refractivity contribution is -0.147. The molecule has 0 saturated carbocycles. The van der Waals surface area contributed by atoms with Crippen LogP contribution in [0.25, 0.3) is 0 Å². The number of ether oxygens (including phenoxy) is 1. The second-order valence-corrected chi connectivity index (χ2v) is 8.02. The fraction of sp³-hybridized carbons (Fsp3) is 0.250. The molecule has 0 aromatic heterocycles. The first-order valence-electron chi connectivity index (χ1n) is 8.74. The summed E-state index contributed by atoms with van der Waals surface area (Å²) in [5, 5.41) is 11.5. The summed E-state index contributed by atoms with van der Waals surface area (Å²) in [5.74, 6) is -1.32. The highest BCUT2D eigenvalue weighted by Gasteiger charge is 2.17. The van der Waals surface area contributed by atoms with Gasteiger partial charge in [-0.05, 0) is 43.2 Å². The van der Waals surface area contributed by atoms with E-state index >= 15 is 0 Å². The zero-order valence-corrected chi connectivity index (χ0v) is 16.9. The van der Waals surface area contributed by atoms with Crippen molar-refractivity contribution in [1.82, 2.24) is 4.72 Å². The molecule has 2 aromatic rings. The van der Waals surface area contributed by atoms with Crippen molar-refractivity contribution in [3.8, 4) is 6.07 Å². The smallest absolute Gasteiger partial charge is 0.307 e. The molecule has 0 aliphatic carbocycles. The van der Waals surface area contributed by atoms with Crippen LogP contribution in [0.3, 0.4) is 0 Å². The Kier molecular flexibility index (Phi) is 7.47. The summed E-state index contributed by atoms with van der Waals surface area (Å²) < 4.78 is 31.9. The van der Waals surface area contributed by atoms with Crippen LogP contribution in [0.15, 0.2) is 47.4 Å². The van der Waals surface area contributed by atoms with Crippen molar-refractivity contribution < 1.29 is 22.7 Å². The first kappa shape index (κ1) is 22.1. The van der Waals surface area contributed by atoms with Gasteiger partial charge in [0.25, 0.3) is 5.91 Å². The van der Waals surface area contributed by atoms with E-state index < -0.39 is 28.5 Å². The highest BCUT2D eigenvalue weighted by Crippen LogP contribution is 2.16. The predicted molar refractivity (Wildman–Crippen MR) is 106 cm³/mol. The van der Waals surface area contributed by atoms with Crippen molar-refractivity contribution in [3.05, 3.63) is 59.2 Å². The highest BCUT2D eigenvalue weighted by molar-refractivity contribution is 7.89. The highest BCUT2D eigenvalue weighted by atomic mass is 32.2. The second-order valence-electron chi connectivity index (χ2n) is 6.28. The van der Waals surface area contributed by atoms with Crippen molar-refractivity contribution >= 4 is 27.6 Å². The molecule has 0 unspecified atom stereocenters. The molecule has 29 heavy (non-hydrogen) atoms. The number of nitriles is 1. The average Bonchev–Trinajstić information content (AvgIpc) is 2.68. The summed E-state index contributed by atoms with van der Waals surface area (Å²) >= 11 is 0. The molecule has 0 spiro atoms. The van der Waals surface area contributed by atoms with Gasteiger partial charge in [-0.15, -0.1) is 0 Å². The summed E-state index contributed by atoms with van der Waals surface area (Å²) in [5.41, 5.74) is 2.00. The molecule has 0 atom stereocenters. The van der Waals surface area contributed by atoms with E-state index in [2.05, 4.69) is 10.0 Å². The van der Waals surface area contributed by atoms with Crippen molar-refractivity contribution in [3.63, 3.8) is 0 Å². The molecule has 2 N–H and O–H groups in total. The van der Waals surface area contributed by atoms with E-state index in [4.69, 9.17) is 10.00 Å². The third-order valence-electron chi connectivity index (χ3n) is 3.94. The van der Waals surface area contributed by atoms with Crippen LogP contribution in [0.5, 0.6) is 0 Å². The number of anilines is 1. The van der Waals surface area contributed by atoms with Crippen molar-refractivity contribution in [2.24, 2.45) is 0 Å². The molecule has 2 aromatic carbocycles. The minimum Gasteiger partial charge on any atom is -0.456 e. The van der Waals surface area contributed by atoms with Crippen LogP contribution in [0.2, 0.25) is 0 Å². The molecular formula is C20H21N3O5S. The van der Waals surface area contributed by atoms with Gasteiger partial charge in [0.15, 0.2) is 6.61 Å². The molecule has 0 bridgehead atoms. The van der Waals surface area contributed by atoms with Crippen LogP contribution in [0, 0.1) is 25.2 Å². The van der Waals surface area contributed by atoms with Gasteiger partial charge in [-0.3, -0.25) is 9.59 Å². The number of para-hydroxylation sites is 1. The number of rotatable bonds is 8. The van der Waals surface area contributed by atoms with E-state index in [1.54, 1.807) is 50.2 Å². The number of carbonyl (C=O) groups excluding carboxylic acids is 2. The van der Waals surface area contributed by atoms with Crippen LogP contribution in [0.4, 0.5) is 5.69 Å². The fourth-order valence-electron chi connectivity index (χ4n) is 2.46. The van der Waals surface area contributed by atoms with Crippen molar-refractivity contribution in [2.75, 3.05) is 18.5 Å². The molecule has 1 amide bonds. The number of hydrogen-bond acceptors (Lipinski definition) is 6. The summed E-state index contributed by atoms with van der Waals surface area (Å²) in [6.07, 6.45) is -0.230. The quantitative estimate of drug-likeness (QED) is 0.636. The third-order valence-corrected chi connectivity index (χ3v) is 5.54. The number of benzene rings is 2. The standard InChI is InChI=1S/C20H21N3O5S/c1-14-7-8-15(2)18(11-14)29(26,27)22-10-9-20(25)28-13-19(24)23-17-6-4-3-5-16(17)12-21/h3-8,11,22H,9-10,13H2,1-2H3,(H,23,24). The van der Waals surface area contributed by atoms with Crippen LogP contribution in [-0.2, 0) is 24.3 Å². The molecule has 0 radical (unpaired) electrons. The minimum atomic E-state index is -3.76. The molecule has 152 valence electrons. The van der Waals surface area contributed by atoms with E-state index in [1.807, 2.05) is 12.1 Å². The molecule has 0 saturated heterocycles. The fourth-order valence-corrected chi connectivity index (χ4v) is 3.82. The van der Waals surface area contributed by atoms with Gasteiger partial charge in [0, 0.05) is 6.54 Å². The summed E-state index contributed by atoms with van der Waals surface area (Å²) in [7, 11) is -3.76. The molecule has 2 rings (SSSR count). The molecule has 0 fully saturated rings. The van der Waals surface area contributed by atoms with E-state index in [1.165, 1.54) is 0 Å². The number of aryl methyl sites for hydroxylation is 2. The van der Waals surface area contributed by atoms with Gasteiger partial charge in [0.1, 0.15) is 6.07 Å². The number of nitrogens with one attached hydrogen (secondary N) is 2. The number of nitrogens with zero attached hydrogens (tertiary/aromatic N) is 1. The second kappa shape index (κ2) is 9.82. The number of amides is 1. The van der Waals surface area contributed by atoms with Gasteiger partial charge in [-0.2, -0.15) is 5.26 Å². The molecular weight excluding hydrogens is 394 g/mol. The Morgan fingerprint density at radius 2 is 1.86 bits per heavy atom. The maximum atomic E-state index is 12.4. The first-order valence-corrected chi connectivity index (χ1v) is 10.2. The SMILES string of the molecule is Cc1ccc(C)c(S(=O)(=O)NCCC(=O)OCC(=O)Nc2ccccc2C#N)c1. The van der Waals surface area contributed by atoms with Gasteiger partial charge < -0.3 is 10.1 Å². The topological polar surface area (TPSA) is 125 Å². The van der Waals surface area contributed by atoms with Gasteiger partial charge >= 0.3 is 5.97 Å². The minimum absolute atomic E-state index is 0.154. The average molecular weight is 415 g/mol. The summed E-state index contributed by atoms with van der Waals surface area (Å²) in [4.78, 5) is 23.8. The van der Waals surface area contributed by atoms with E-state index in [0.29, 0.717) is 11.3 Å². The maximum absolute atomic E-state index is 12.4. The molecule has 8 nitrogen and oxygen atoms in total. The summed E-state index contributed by atoms with van der Waals surface area (Å²) in [6.45, 7) is 2.77. The predicted octanol–water partition coefficient (Wildman–Crippen LogP) is 2.03. The van der Waals surface area contributed by atoms with Gasteiger partial charge in [0.05, 0.1) is 22.6 Å². The van der Waals surface area contributed by atoms with E-state index in [9.17, 15) is 18.0 Å². The molecule has 0 heterocycles. The Morgan fingerprint density at radius 1 is 1.14 bits per heavy atom. The van der Waals surface area contributed by atoms with Crippen LogP contribution in [-0.4, -0.2) is 33.4 Å². The monoisotopic (exact) mass is 415 g/mol. The largest absolute Gasteiger partial charge is 0.456 e. The number of carbonyl (C=O) groups is 2. The van der Waals surface area contributed by atoms with Gasteiger partial charge in [0.2, 0.25) is 10.0 Å². The molecule has 0 aliphatic rings. The summed E-state index contributed by atoms with van der Waals surface area (Å²) in [6, 6.07) is 13.4. The number of sulfonamides is 1. The van der Waals surface area contributed by atoms with Crippen molar-refractivity contribution in [2.45, 2.75) is 25.2 Å². The van der Waals surface area contributed by atoms with Gasteiger partial charge in [-0.25, -0.2) is 13.1 Å². The lowest BCUT2D eigenvalue weighted by Crippen LogP contribution is -2.28. The lowest BCUT2D eigenvalue weighted by Gasteiger charge is -2.10. The third kappa shape index (κ3) is 6.41. The first-order chi connectivity index (χ1) is 13.7. The maximum Gasteiger partial charge on any atom is 0.307 e. The number of hydrogen-bond donors (Lipinski definition) is 2. The normalized spacial score (nSPS) is 10.8. The van der Waals surface area contributed by atoms with Crippen molar-refractivity contribution in [1.29, 1.82) is 5.26 Å². The van der Waals surface area contributed by atoms with Gasteiger partial charge in [-0.1, -0.05) is 24.3 Å². The van der Waals surface area contributed by atoms with Crippen LogP contribution >= 0.6 is 0 Å². The Bertz CT molecular complexity index is 1060. The van der Waals surface area contributed by atoms with Crippen LogP contribution < -0.4 is 10.0 Å². The Hall–Kier alpha value is -3.22. The lowest BCUT2D eigenvalue weighted by atomic mass is 10.2. The Labute approximate surface area is 169 Å².